The van der Waals surface area contributed by atoms with E-state index in [1.54, 1.807) is 0 Å². The van der Waals surface area contributed by atoms with Crippen LogP contribution >= 0.6 is 0 Å². The van der Waals surface area contributed by atoms with Gasteiger partial charge in [0, 0.05) is 0 Å². The van der Waals surface area contributed by atoms with Gasteiger partial charge >= 0.3 is 33.2 Å². The van der Waals surface area contributed by atoms with Gasteiger partial charge in [-0.2, -0.15) is 0 Å². The fourth-order valence-electron chi connectivity index (χ4n) is 0. The van der Waals surface area contributed by atoms with Gasteiger partial charge in [0.05, 0.1) is 0 Å². The zero-order chi connectivity index (χ0) is 4.50. The van der Waals surface area contributed by atoms with Crippen LogP contribution in [0.25, 0.3) is 0 Å². The van der Waals surface area contributed by atoms with Crippen molar-refractivity contribution in [3.8, 4) is 0 Å². The molecule has 0 aromatic rings. The molecular formula is H2O4Sb-. The summed E-state index contributed by atoms with van der Waals surface area (Å²) in [6.07, 6.45) is 0. The summed E-state index contributed by atoms with van der Waals surface area (Å²) in [6, 6.07) is 0. The van der Waals surface area contributed by atoms with Crippen molar-refractivity contribution < 1.29 is 13.2 Å². The van der Waals surface area contributed by atoms with E-state index < -0.39 is 20.1 Å². The van der Waals surface area contributed by atoms with E-state index in [0.717, 1.165) is 0 Å². The van der Waals surface area contributed by atoms with Crippen LogP contribution in [0.3, 0.4) is 0 Å². The molecule has 0 spiro atoms. The molecule has 2 N–H and O–H groups in total. The Balaban J connectivity index is 3.47. The molecule has 0 radical (unpaired) electrons. The molecule has 5 heavy (non-hydrogen) atoms. The van der Waals surface area contributed by atoms with E-state index in [4.69, 9.17) is 13.2 Å². The summed E-state index contributed by atoms with van der Waals surface area (Å²) in [7, 11) is 0. The summed E-state index contributed by atoms with van der Waals surface area (Å²) in [5, 5.41) is 0. The molecule has 32 valence electrons. The monoisotopic (exact) mass is 187 g/mol. The van der Waals surface area contributed by atoms with Crippen LogP contribution in [-0.2, 0) is 3.02 Å². The summed E-state index contributed by atoms with van der Waals surface area (Å²) < 4.78 is 32.0. The molecule has 0 heterocycles. The molecule has 0 saturated heterocycles. The Kier molecular flexibility index (Phi) is 1.43. The Labute approximate surface area is 33.8 Å². The number of hydrogen-bond donors (Lipinski definition) is 2. The second-order valence-corrected chi connectivity index (χ2v) is 3.29. The van der Waals surface area contributed by atoms with Crippen molar-refractivity contribution in [1.29, 1.82) is 0 Å². The van der Waals surface area contributed by atoms with E-state index in [2.05, 4.69) is 0 Å². The summed E-state index contributed by atoms with van der Waals surface area (Å²) in [4.78, 5) is 0. The average Bonchev–Trinajstić information content (AvgIpc) is 0.722. The second kappa shape index (κ2) is 1.30. The first kappa shape index (κ1) is 5.50. The Morgan fingerprint density at radius 3 is 1.60 bits per heavy atom. The number of hydrogen-bond acceptors (Lipinski definition) is 2. The predicted octanol–water partition coefficient (Wildman–Crippen LogP) is -2.80. The molecule has 0 aliphatic carbocycles. The van der Waals surface area contributed by atoms with Gasteiger partial charge in [-0.3, -0.25) is 0 Å². The van der Waals surface area contributed by atoms with Crippen molar-refractivity contribution in [1.82, 2.24) is 0 Å². The van der Waals surface area contributed by atoms with Crippen molar-refractivity contribution in [3.05, 3.63) is 0 Å². The van der Waals surface area contributed by atoms with Gasteiger partial charge in [-0.1, -0.05) is 0 Å². The third kappa shape index (κ3) is 113. The van der Waals surface area contributed by atoms with Crippen LogP contribution in [0.15, 0.2) is 0 Å². The zero-order valence-electron chi connectivity index (χ0n) is 2.16. The van der Waals surface area contributed by atoms with Crippen molar-refractivity contribution in [3.63, 3.8) is 0 Å². The first-order chi connectivity index (χ1) is 2.00. The molecule has 0 bridgehead atoms. The molecule has 0 rings (SSSR count). The van der Waals surface area contributed by atoms with Gasteiger partial charge in [0.25, 0.3) is 0 Å². The Bertz CT molecular complexity index is 49.8. The minimum absolute atomic E-state index is 5.60. The van der Waals surface area contributed by atoms with Crippen molar-refractivity contribution >= 4 is 20.1 Å². The fourth-order valence-corrected chi connectivity index (χ4v) is 0. The van der Waals surface area contributed by atoms with Crippen LogP contribution in [0.2, 0.25) is 0 Å². The van der Waals surface area contributed by atoms with E-state index in [-0.39, 0.29) is 0 Å². The van der Waals surface area contributed by atoms with E-state index in [1.807, 2.05) is 0 Å². The van der Waals surface area contributed by atoms with E-state index in [1.165, 1.54) is 0 Å². The number of rotatable bonds is 0. The zero-order valence-corrected chi connectivity index (χ0v) is 4.71. The summed E-state index contributed by atoms with van der Waals surface area (Å²) in [5.41, 5.74) is 0. The molecule has 0 aliphatic rings. The van der Waals surface area contributed by atoms with Crippen molar-refractivity contribution in [2.45, 2.75) is 0 Å². The molecule has 0 atom stereocenters. The molecule has 0 fully saturated rings. The molecule has 4 nitrogen and oxygen atoms in total. The molecular weight excluding hydrogens is 186 g/mol. The average molecular weight is 188 g/mol. The first-order valence-electron chi connectivity index (χ1n) is 0.765. The summed E-state index contributed by atoms with van der Waals surface area (Å²) >= 11 is -5.60. The molecule has 0 amide bonds. The third-order valence-electron chi connectivity index (χ3n) is 0. The van der Waals surface area contributed by atoms with Gasteiger partial charge in [-0.05, 0) is 0 Å². The maximum absolute atomic E-state index is 8.86. The predicted molar refractivity (Wildman–Crippen MR) is 10.9 cm³/mol. The van der Waals surface area contributed by atoms with Crippen LogP contribution in [0, 0.1) is 0 Å². The van der Waals surface area contributed by atoms with E-state index in [0.29, 0.717) is 0 Å². The molecule has 5 heteroatoms. The quantitative estimate of drug-likeness (QED) is 0.402. The summed E-state index contributed by atoms with van der Waals surface area (Å²) in [5.74, 6) is 0. The van der Waals surface area contributed by atoms with Gasteiger partial charge in [-0.15, -0.1) is 0 Å². The molecule has 0 saturated carbocycles. The van der Waals surface area contributed by atoms with Crippen molar-refractivity contribution in [2.75, 3.05) is 0 Å². The topological polar surface area (TPSA) is 80.6 Å². The fraction of sp³-hybridized carbons (Fsp3) is 0. The van der Waals surface area contributed by atoms with E-state index in [9.17, 15) is 0 Å². The molecule has 0 aromatic carbocycles. The van der Waals surface area contributed by atoms with Crippen LogP contribution in [-0.4, -0.2) is 26.8 Å². The van der Waals surface area contributed by atoms with Crippen LogP contribution in [0.4, 0.5) is 0 Å². The molecule has 0 aromatic heterocycles. The Morgan fingerprint density at radius 2 is 1.60 bits per heavy atom. The maximum atomic E-state index is 8.86. The minimum atomic E-state index is -5.60. The Morgan fingerprint density at radius 1 is 1.60 bits per heavy atom. The standard InChI is InChI=1S/2H2O.2O.Sb/h2*1H2;;;/q;;;-1;+2/p-2. The van der Waals surface area contributed by atoms with E-state index >= 15 is 0 Å². The van der Waals surface area contributed by atoms with Gasteiger partial charge in [0.2, 0.25) is 0 Å². The van der Waals surface area contributed by atoms with Gasteiger partial charge in [0.15, 0.2) is 0 Å². The van der Waals surface area contributed by atoms with Crippen LogP contribution in [0.1, 0.15) is 0 Å². The van der Waals surface area contributed by atoms with Crippen molar-refractivity contribution in [2.24, 2.45) is 0 Å². The van der Waals surface area contributed by atoms with Gasteiger partial charge in [-0.25, -0.2) is 0 Å². The van der Waals surface area contributed by atoms with Crippen LogP contribution < -0.4 is 3.39 Å². The SMILES string of the molecule is [O]=[Sb]([O-])([OH])[OH]. The third-order valence-corrected chi connectivity index (χ3v) is 0. The summed E-state index contributed by atoms with van der Waals surface area (Å²) in [6.45, 7) is 0. The second-order valence-electron chi connectivity index (χ2n) is 0.491. The normalized spacial score (nSPS) is 11.8. The Hall–Kier alpha value is 0.498. The molecule has 0 aliphatic heterocycles. The van der Waals surface area contributed by atoms with Crippen LogP contribution in [0.5, 0.6) is 0 Å². The first-order valence-corrected chi connectivity index (χ1v) is 5.13. The van der Waals surface area contributed by atoms with Gasteiger partial charge in [0.1, 0.15) is 0 Å². The molecule has 0 unspecified atom stereocenters. The van der Waals surface area contributed by atoms with Gasteiger partial charge < -0.3 is 0 Å².